The molecule has 174 valence electrons. The molecule has 34 heavy (non-hydrogen) atoms. The van der Waals surface area contributed by atoms with Crippen LogP contribution in [0.1, 0.15) is 40.3 Å². The highest BCUT2D eigenvalue weighted by atomic mass is 35.5. The van der Waals surface area contributed by atoms with E-state index in [1.54, 1.807) is 11.3 Å². The van der Waals surface area contributed by atoms with E-state index >= 15 is 0 Å². The molecule has 2 N–H and O–H groups in total. The summed E-state index contributed by atoms with van der Waals surface area (Å²) in [5.41, 5.74) is 5.39. The van der Waals surface area contributed by atoms with Crippen LogP contribution in [0.25, 0.3) is 22.6 Å². The van der Waals surface area contributed by atoms with Crippen LogP contribution in [0.5, 0.6) is 5.88 Å². The topological polar surface area (TPSA) is 68.3 Å². The Balaban J connectivity index is 1.48. The number of hydrogen-bond acceptors (Lipinski definition) is 6. The van der Waals surface area contributed by atoms with Crippen molar-refractivity contribution in [1.29, 1.82) is 0 Å². The summed E-state index contributed by atoms with van der Waals surface area (Å²) in [6, 6.07) is 12.3. The molecule has 2 aromatic carbocycles. The van der Waals surface area contributed by atoms with E-state index in [1.165, 1.54) is 18.4 Å². The van der Waals surface area contributed by atoms with Crippen molar-refractivity contribution in [2.24, 2.45) is 0 Å². The van der Waals surface area contributed by atoms with Gasteiger partial charge in [0.1, 0.15) is 4.88 Å². The molecular formula is C26H26ClN5OS. The van der Waals surface area contributed by atoms with Crippen LogP contribution in [0.15, 0.2) is 42.6 Å². The third kappa shape index (κ3) is 4.19. The Labute approximate surface area is 207 Å². The van der Waals surface area contributed by atoms with E-state index in [9.17, 15) is 5.11 Å². The second-order valence-electron chi connectivity index (χ2n) is 9.22. The number of aromatic hydroxyl groups is 1. The van der Waals surface area contributed by atoms with E-state index in [0.717, 1.165) is 68.8 Å². The van der Waals surface area contributed by atoms with Crippen molar-refractivity contribution in [2.75, 3.05) is 38.1 Å². The molecule has 0 bridgehead atoms. The molecule has 0 atom stereocenters. The van der Waals surface area contributed by atoms with Crippen molar-refractivity contribution in [3.8, 4) is 5.88 Å². The number of rotatable bonds is 5. The number of nitrogens with zero attached hydrogens (tertiary/aromatic N) is 4. The minimum absolute atomic E-state index is 0.0828. The van der Waals surface area contributed by atoms with Gasteiger partial charge >= 0.3 is 0 Å². The minimum atomic E-state index is 0.0828. The summed E-state index contributed by atoms with van der Waals surface area (Å²) in [6.45, 7) is 3.80. The molecule has 1 aliphatic carbocycles. The molecule has 0 spiro atoms. The second kappa shape index (κ2) is 8.73. The van der Waals surface area contributed by atoms with Gasteiger partial charge < -0.3 is 14.9 Å². The number of aromatic nitrogens is 3. The van der Waals surface area contributed by atoms with Gasteiger partial charge in [-0.25, -0.2) is 0 Å². The van der Waals surface area contributed by atoms with Crippen molar-refractivity contribution >= 4 is 50.6 Å². The maximum atomic E-state index is 11.0. The Kier molecular flexibility index (Phi) is 5.56. The highest BCUT2D eigenvalue weighted by Gasteiger charge is 2.27. The lowest BCUT2D eigenvalue weighted by atomic mass is 9.96. The van der Waals surface area contributed by atoms with E-state index < -0.39 is 0 Å². The molecule has 0 unspecified atom stereocenters. The number of likely N-dealkylation sites (N-methyl/N-ethyl adjacent to an activating group) is 1. The lowest BCUT2D eigenvalue weighted by molar-refractivity contribution is 0.312. The molecule has 1 saturated heterocycles. The second-order valence-corrected chi connectivity index (χ2v) is 10.6. The first-order valence-corrected chi connectivity index (χ1v) is 12.8. The smallest absolute Gasteiger partial charge is 0.232 e. The van der Waals surface area contributed by atoms with Crippen LogP contribution in [0.4, 0.5) is 5.13 Å². The number of aromatic amines is 1. The van der Waals surface area contributed by atoms with Crippen molar-refractivity contribution in [2.45, 2.75) is 18.8 Å². The summed E-state index contributed by atoms with van der Waals surface area (Å²) in [6.07, 6.45) is 6.40. The van der Waals surface area contributed by atoms with Gasteiger partial charge in [-0.05, 0) is 72.8 Å². The van der Waals surface area contributed by atoms with Gasteiger partial charge in [-0.1, -0.05) is 35.1 Å². The van der Waals surface area contributed by atoms with E-state index in [2.05, 4.69) is 62.4 Å². The number of H-pyrrole nitrogens is 1. The zero-order valence-electron chi connectivity index (χ0n) is 19.0. The first-order chi connectivity index (χ1) is 16.5. The van der Waals surface area contributed by atoms with Gasteiger partial charge in [-0.3, -0.25) is 5.10 Å². The molecule has 0 radical (unpaired) electrons. The summed E-state index contributed by atoms with van der Waals surface area (Å²) in [5.74, 6) is 0.637. The highest BCUT2D eigenvalue weighted by Crippen LogP contribution is 2.45. The Morgan fingerprint density at radius 2 is 1.97 bits per heavy atom. The quantitative estimate of drug-likeness (QED) is 0.356. The number of piperazine rings is 1. The SMILES string of the molecule is CN1CCN(c2nc(O)c(C(=Cc3ccc(Cl)cc3C3CC3)c3ccc4[nH]ncc4c3)s2)CC1. The fourth-order valence-corrected chi connectivity index (χ4v) is 5.81. The molecule has 2 fully saturated rings. The number of benzene rings is 2. The first-order valence-electron chi connectivity index (χ1n) is 11.6. The van der Waals surface area contributed by atoms with Crippen molar-refractivity contribution < 1.29 is 5.11 Å². The van der Waals surface area contributed by atoms with E-state index in [0.29, 0.717) is 5.92 Å². The van der Waals surface area contributed by atoms with Gasteiger partial charge in [-0.2, -0.15) is 10.1 Å². The largest absolute Gasteiger partial charge is 0.492 e. The molecule has 3 heterocycles. The average Bonchev–Trinajstić information content (AvgIpc) is 3.46. The van der Waals surface area contributed by atoms with Crippen LogP contribution in [0.3, 0.4) is 0 Å². The van der Waals surface area contributed by atoms with Gasteiger partial charge in [0.2, 0.25) is 5.88 Å². The number of fused-ring (bicyclic) bond motifs is 1. The van der Waals surface area contributed by atoms with Crippen molar-refractivity contribution in [3.05, 3.63) is 69.2 Å². The fraction of sp³-hybridized carbons (Fsp3) is 0.308. The zero-order valence-corrected chi connectivity index (χ0v) is 20.5. The summed E-state index contributed by atoms with van der Waals surface area (Å²) in [5, 5.41) is 20.9. The number of halogens is 1. The number of nitrogens with one attached hydrogen (secondary N) is 1. The van der Waals surface area contributed by atoms with Crippen LogP contribution in [-0.4, -0.2) is 58.4 Å². The molecule has 8 heteroatoms. The molecule has 6 rings (SSSR count). The summed E-state index contributed by atoms with van der Waals surface area (Å²) in [7, 11) is 2.14. The van der Waals surface area contributed by atoms with Gasteiger partial charge in [0.05, 0.1) is 11.7 Å². The molecule has 6 nitrogen and oxygen atoms in total. The van der Waals surface area contributed by atoms with E-state index in [4.69, 9.17) is 11.6 Å². The molecule has 0 amide bonds. The molecule has 2 aliphatic rings. The molecule has 2 aromatic heterocycles. The normalized spacial score (nSPS) is 17.6. The molecular weight excluding hydrogens is 466 g/mol. The third-order valence-corrected chi connectivity index (χ3v) is 8.11. The highest BCUT2D eigenvalue weighted by molar-refractivity contribution is 7.17. The summed E-state index contributed by atoms with van der Waals surface area (Å²) < 4.78 is 0. The van der Waals surface area contributed by atoms with Crippen molar-refractivity contribution in [1.82, 2.24) is 20.1 Å². The lowest BCUT2D eigenvalue weighted by Gasteiger charge is -2.31. The standard InChI is InChI=1S/C26H26ClN5OS/c1-31-8-10-32(11-9-31)26-29-25(33)24(34-26)22(17-5-7-23-19(12-17)15-28-30-23)13-18-4-6-20(27)14-21(18)16-2-3-16/h4-7,12-16,33H,2-3,8-11H2,1H3,(H,28,30). The Bertz CT molecular complexity index is 1380. The Morgan fingerprint density at radius 3 is 2.76 bits per heavy atom. The fourth-order valence-electron chi connectivity index (χ4n) is 4.58. The number of anilines is 1. The summed E-state index contributed by atoms with van der Waals surface area (Å²) in [4.78, 5) is 9.95. The molecule has 4 aromatic rings. The van der Waals surface area contributed by atoms with Crippen LogP contribution < -0.4 is 4.90 Å². The lowest BCUT2D eigenvalue weighted by Crippen LogP contribution is -2.44. The van der Waals surface area contributed by atoms with E-state index in [1.807, 2.05) is 18.3 Å². The van der Waals surface area contributed by atoms with Crippen LogP contribution in [0, 0.1) is 0 Å². The minimum Gasteiger partial charge on any atom is -0.492 e. The summed E-state index contributed by atoms with van der Waals surface area (Å²) >= 11 is 7.91. The third-order valence-electron chi connectivity index (χ3n) is 6.73. The number of hydrogen-bond donors (Lipinski definition) is 2. The maximum Gasteiger partial charge on any atom is 0.232 e. The van der Waals surface area contributed by atoms with Crippen LogP contribution in [-0.2, 0) is 0 Å². The predicted octanol–water partition coefficient (Wildman–Crippen LogP) is 5.60. The van der Waals surface area contributed by atoms with Gasteiger partial charge in [0.15, 0.2) is 5.13 Å². The van der Waals surface area contributed by atoms with E-state index in [-0.39, 0.29) is 5.88 Å². The zero-order chi connectivity index (χ0) is 23.2. The average molecular weight is 492 g/mol. The predicted molar refractivity (Wildman–Crippen MR) is 140 cm³/mol. The van der Waals surface area contributed by atoms with Gasteiger partial charge in [0, 0.05) is 42.2 Å². The van der Waals surface area contributed by atoms with Crippen LogP contribution >= 0.6 is 22.9 Å². The molecule has 1 aliphatic heterocycles. The molecule has 1 saturated carbocycles. The maximum absolute atomic E-state index is 11.0. The van der Waals surface area contributed by atoms with Crippen molar-refractivity contribution in [3.63, 3.8) is 0 Å². The first kappa shape index (κ1) is 21.6. The number of thiazole rings is 1. The van der Waals surface area contributed by atoms with Crippen LogP contribution in [0.2, 0.25) is 5.02 Å². The Hall–Kier alpha value is -2.87. The monoisotopic (exact) mass is 491 g/mol. The van der Waals surface area contributed by atoms with Gasteiger partial charge in [0.25, 0.3) is 0 Å². The Morgan fingerprint density at radius 1 is 1.15 bits per heavy atom. The van der Waals surface area contributed by atoms with Gasteiger partial charge in [-0.15, -0.1) is 0 Å².